The van der Waals surface area contributed by atoms with Crippen LogP contribution in [0.1, 0.15) is 174 Å². The SMILES string of the molecule is CCCCCCCCCCCCCCCCCCCCCC[N+]1=C(/C=C/C=C/C=C2/N(C)c3ccccc3C2(C)C)C(C)(C)c2ccccc21. The summed E-state index contributed by atoms with van der Waals surface area (Å²) in [4.78, 5) is 2.34. The zero-order chi connectivity index (χ0) is 35.7. The first kappa shape index (κ1) is 39.9. The largest absolute Gasteiger partial charge is 0.347 e. The molecule has 0 fully saturated rings. The summed E-state index contributed by atoms with van der Waals surface area (Å²) in [5, 5.41) is 0. The molecule has 0 N–H and O–H groups in total. The quantitative estimate of drug-likeness (QED) is 0.0609. The van der Waals surface area contributed by atoms with Crippen molar-refractivity contribution in [3.05, 3.63) is 95.7 Å². The molecule has 0 saturated heterocycles. The summed E-state index contributed by atoms with van der Waals surface area (Å²) in [5.41, 5.74) is 8.33. The van der Waals surface area contributed by atoms with Gasteiger partial charge in [-0.1, -0.05) is 191 Å². The maximum absolute atomic E-state index is 2.61. The highest BCUT2D eigenvalue weighted by molar-refractivity contribution is 6.03. The van der Waals surface area contributed by atoms with Gasteiger partial charge in [-0.3, -0.25) is 0 Å². The van der Waals surface area contributed by atoms with Crippen molar-refractivity contribution in [2.45, 2.75) is 174 Å². The fraction of sp³-hybridized carbons (Fsp3) is 0.604. The predicted octanol–water partition coefficient (Wildman–Crippen LogP) is 14.3. The number of hydrogen-bond donors (Lipinski definition) is 0. The van der Waals surface area contributed by atoms with Crippen LogP contribution in [0.2, 0.25) is 0 Å². The summed E-state index contributed by atoms with van der Waals surface area (Å²) in [6.07, 6.45) is 39.8. The molecule has 0 aliphatic carbocycles. The molecule has 2 aliphatic heterocycles. The number of nitrogens with zero attached hydrogens (tertiary/aromatic N) is 2. The monoisotopic (exact) mass is 678 g/mol. The van der Waals surface area contributed by atoms with E-state index in [0.29, 0.717) is 0 Å². The third-order valence-corrected chi connectivity index (χ3v) is 11.7. The average Bonchev–Trinajstić information content (AvgIpc) is 3.45. The minimum absolute atomic E-state index is 0.00224. The Morgan fingerprint density at radius 2 is 1.02 bits per heavy atom. The normalized spacial score (nSPS) is 17.2. The van der Waals surface area contributed by atoms with Crippen LogP contribution >= 0.6 is 0 Å². The zero-order valence-corrected chi connectivity index (χ0v) is 33.2. The minimum Gasteiger partial charge on any atom is -0.347 e. The Labute approximate surface area is 308 Å². The number of unbranched alkanes of at least 4 members (excludes halogenated alkanes) is 19. The van der Waals surface area contributed by atoms with Crippen molar-refractivity contribution in [2.24, 2.45) is 0 Å². The van der Waals surface area contributed by atoms with Crippen LogP contribution in [0.5, 0.6) is 0 Å². The van der Waals surface area contributed by atoms with Gasteiger partial charge < -0.3 is 4.90 Å². The minimum atomic E-state index is 0.00224. The van der Waals surface area contributed by atoms with Crippen LogP contribution in [0.3, 0.4) is 0 Å². The van der Waals surface area contributed by atoms with Crippen LogP contribution in [-0.2, 0) is 10.8 Å². The maximum atomic E-state index is 2.61. The number of benzene rings is 2. The smallest absolute Gasteiger partial charge is 0.209 e. The Balaban J connectivity index is 1.14. The molecule has 0 bridgehead atoms. The van der Waals surface area contributed by atoms with Crippen molar-refractivity contribution < 1.29 is 4.58 Å². The Morgan fingerprint density at radius 1 is 0.540 bits per heavy atom. The average molecular weight is 678 g/mol. The van der Waals surface area contributed by atoms with Gasteiger partial charge in [0.15, 0.2) is 5.71 Å². The number of anilines is 1. The van der Waals surface area contributed by atoms with Crippen LogP contribution in [-0.4, -0.2) is 23.9 Å². The van der Waals surface area contributed by atoms with Gasteiger partial charge >= 0.3 is 0 Å². The third kappa shape index (κ3) is 11.1. The Hall–Kier alpha value is -2.87. The number of fused-ring (bicyclic) bond motifs is 2. The van der Waals surface area contributed by atoms with E-state index in [-0.39, 0.29) is 10.8 Å². The molecular formula is C48H73N2+. The Morgan fingerprint density at radius 3 is 1.56 bits per heavy atom. The van der Waals surface area contributed by atoms with Gasteiger partial charge in [-0.05, 0) is 38.0 Å². The van der Waals surface area contributed by atoms with Gasteiger partial charge in [0.05, 0.1) is 5.41 Å². The lowest BCUT2D eigenvalue weighted by molar-refractivity contribution is -0.438. The highest BCUT2D eigenvalue weighted by Crippen LogP contribution is 2.46. The van der Waals surface area contributed by atoms with E-state index in [1.165, 1.54) is 162 Å². The lowest BCUT2D eigenvalue weighted by Gasteiger charge is -2.23. The molecule has 0 aromatic heterocycles. The molecule has 0 amide bonds. The maximum Gasteiger partial charge on any atom is 0.209 e. The molecule has 0 saturated carbocycles. The second-order valence-corrected chi connectivity index (χ2v) is 16.4. The van der Waals surface area contributed by atoms with E-state index >= 15 is 0 Å². The van der Waals surface area contributed by atoms with E-state index in [4.69, 9.17) is 0 Å². The molecular weight excluding hydrogens is 605 g/mol. The zero-order valence-electron chi connectivity index (χ0n) is 33.2. The number of likely N-dealkylation sites (N-methyl/N-ethyl adjacent to an activating group) is 1. The number of hydrogen-bond acceptors (Lipinski definition) is 1. The first-order valence-corrected chi connectivity index (χ1v) is 20.9. The Bertz CT molecular complexity index is 1420. The fourth-order valence-corrected chi connectivity index (χ4v) is 8.57. The second-order valence-electron chi connectivity index (χ2n) is 16.4. The lowest BCUT2D eigenvalue weighted by atomic mass is 9.81. The van der Waals surface area contributed by atoms with Gasteiger partial charge in [-0.25, -0.2) is 0 Å². The van der Waals surface area contributed by atoms with Crippen molar-refractivity contribution in [3.63, 3.8) is 0 Å². The topological polar surface area (TPSA) is 6.25 Å². The van der Waals surface area contributed by atoms with Crippen molar-refractivity contribution >= 4 is 17.1 Å². The van der Waals surface area contributed by atoms with Gasteiger partial charge in [0, 0.05) is 48.0 Å². The molecule has 2 heterocycles. The molecule has 0 spiro atoms. The number of allylic oxidation sites excluding steroid dienone is 6. The van der Waals surface area contributed by atoms with E-state index in [1.807, 2.05) is 0 Å². The molecule has 0 radical (unpaired) electrons. The number of rotatable bonds is 24. The molecule has 50 heavy (non-hydrogen) atoms. The summed E-state index contributed by atoms with van der Waals surface area (Å²) in [5.74, 6) is 0. The highest BCUT2D eigenvalue weighted by atomic mass is 15.2. The van der Waals surface area contributed by atoms with E-state index in [9.17, 15) is 0 Å². The summed E-state index contributed by atoms with van der Waals surface area (Å²) in [6, 6.07) is 17.8. The Kier molecular flexibility index (Phi) is 16.6. The molecule has 2 aromatic rings. The summed E-state index contributed by atoms with van der Waals surface area (Å²) in [6.45, 7) is 12.8. The third-order valence-electron chi connectivity index (χ3n) is 11.7. The first-order chi connectivity index (χ1) is 24.3. The molecule has 2 aliphatic rings. The van der Waals surface area contributed by atoms with E-state index < -0.39 is 0 Å². The second kappa shape index (κ2) is 20.8. The first-order valence-electron chi connectivity index (χ1n) is 20.9. The molecule has 4 rings (SSSR count). The summed E-state index contributed by atoms with van der Waals surface area (Å²) in [7, 11) is 2.19. The van der Waals surface area contributed by atoms with Crippen molar-refractivity contribution in [1.29, 1.82) is 0 Å². The molecule has 2 heteroatoms. The van der Waals surface area contributed by atoms with Crippen LogP contribution in [0.25, 0.3) is 0 Å². The van der Waals surface area contributed by atoms with E-state index in [1.54, 1.807) is 0 Å². The standard InChI is InChI=1S/C48H73N2/c1-7-8-9-10-11-12-13-14-15-16-17-18-19-20-21-22-23-24-25-33-40-50-44-37-32-30-35-42(44)48(4,5)46(50)39-28-26-27-38-45-47(2,3)41-34-29-31-36-43(41)49(45)6/h26-32,34-39H,7-25,33,40H2,1-6H3/q+1. The van der Waals surface area contributed by atoms with Crippen LogP contribution in [0.4, 0.5) is 11.4 Å². The van der Waals surface area contributed by atoms with E-state index in [0.717, 1.165) is 6.54 Å². The van der Waals surface area contributed by atoms with Crippen molar-refractivity contribution in [1.82, 2.24) is 0 Å². The van der Waals surface area contributed by atoms with Crippen LogP contribution < -0.4 is 4.90 Å². The van der Waals surface area contributed by atoms with Crippen LogP contribution in [0.15, 0.2) is 84.6 Å². The molecule has 2 nitrogen and oxygen atoms in total. The molecule has 0 atom stereocenters. The molecule has 274 valence electrons. The lowest BCUT2D eigenvalue weighted by Crippen LogP contribution is -2.27. The van der Waals surface area contributed by atoms with Gasteiger partial charge in [-0.15, -0.1) is 0 Å². The summed E-state index contributed by atoms with van der Waals surface area (Å²) >= 11 is 0. The van der Waals surface area contributed by atoms with Gasteiger partial charge in [-0.2, -0.15) is 4.58 Å². The predicted molar refractivity (Wildman–Crippen MR) is 222 cm³/mol. The van der Waals surface area contributed by atoms with E-state index in [2.05, 4.69) is 130 Å². The molecule has 2 aromatic carbocycles. The van der Waals surface area contributed by atoms with Gasteiger partial charge in [0.2, 0.25) is 5.69 Å². The van der Waals surface area contributed by atoms with Crippen molar-refractivity contribution in [3.8, 4) is 0 Å². The summed E-state index contributed by atoms with van der Waals surface area (Å²) < 4.78 is 2.61. The number of para-hydroxylation sites is 2. The van der Waals surface area contributed by atoms with Gasteiger partial charge in [0.25, 0.3) is 0 Å². The fourth-order valence-electron chi connectivity index (χ4n) is 8.57. The van der Waals surface area contributed by atoms with Gasteiger partial charge in [0.1, 0.15) is 6.54 Å². The van der Waals surface area contributed by atoms with Crippen LogP contribution in [0, 0.1) is 0 Å². The highest BCUT2D eigenvalue weighted by Gasteiger charge is 2.43. The van der Waals surface area contributed by atoms with Crippen molar-refractivity contribution in [2.75, 3.05) is 18.5 Å². The molecule has 0 unspecified atom stereocenters.